The van der Waals surface area contributed by atoms with Crippen LogP contribution in [0.1, 0.15) is 44.6 Å². The van der Waals surface area contributed by atoms with Crippen LogP contribution in [0.4, 0.5) is 0 Å². The molecule has 258 valence electrons. The third kappa shape index (κ3) is 8.27. The van der Waals surface area contributed by atoms with Crippen molar-refractivity contribution in [2.75, 3.05) is 45.8 Å². The summed E-state index contributed by atoms with van der Waals surface area (Å²) in [5.74, 6) is -9.67. The summed E-state index contributed by atoms with van der Waals surface area (Å²) in [6.45, 7) is 2.74. The lowest BCUT2D eigenvalue weighted by Crippen LogP contribution is -2.63. The van der Waals surface area contributed by atoms with Crippen LogP contribution in [-0.4, -0.2) is 138 Å². The smallest absolute Gasteiger partial charge is 0.249 e. The fourth-order valence-corrected chi connectivity index (χ4v) is 6.10. The molecule has 3 rings (SSSR count). The van der Waals surface area contributed by atoms with Crippen molar-refractivity contribution in [3.63, 3.8) is 0 Å². The highest BCUT2D eigenvalue weighted by atomic mass is 16.5. The number of benzene rings is 1. The van der Waals surface area contributed by atoms with Crippen molar-refractivity contribution in [1.82, 2.24) is 25.8 Å². The first kappa shape index (κ1) is 37.4. The zero-order valence-corrected chi connectivity index (χ0v) is 27.0. The Morgan fingerprint density at radius 3 is 2.06 bits per heavy atom. The standard InChI is InChI=1S/C28H45B2N7O10/c1-14(38)37-12-27(13-37)5-8-36(9-6-27)26(45)15(4-2-3-7-31)34-17(40)11-33-25(44)24(35-16(39)10-32)28(46,47)18-19(29)20(30)22(42)23(43)21(18)41/h15,24,41-43,46-47H,2-13,29-32H2,1H3,(H,33,44)(H,34,40)(H,35,39). The van der Waals surface area contributed by atoms with E-state index in [2.05, 4.69) is 10.6 Å². The molecule has 47 heavy (non-hydrogen) atoms. The van der Waals surface area contributed by atoms with Crippen LogP contribution in [0, 0.1) is 5.41 Å². The predicted molar refractivity (Wildman–Crippen MR) is 173 cm³/mol. The highest BCUT2D eigenvalue weighted by Gasteiger charge is 2.48. The lowest BCUT2D eigenvalue weighted by Gasteiger charge is -2.54. The van der Waals surface area contributed by atoms with Gasteiger partial charge in [0.1, 0.15) is 21.7 Å². The molecule has 2 aliphatic rings. The van der Waals surface area contributed by atoms with Gasteiger partial charge in [-0.25, -0.2) is 0 Å². The molecule has 1 aromatic rings. The van der Waals surface area contributed by atoms with E-state index in [-0.39, 0.29) is 34.6 Å². The van der Waals surface area contributed by atoms with Gasteiger partial charge in [-0.2, -0.15) is 0 Å². The minimum absolute atomic E-state index is 0.0115. The van der Waals surface area contributed by atoms with Crippen LogP contribution in [0.2, 0.25) is 0 Å². The van der Waals surface area contributed by atoms with Gasteiger partial charge in [-0.05, 0) is 44.1 Å². The quantitative estimate of drug-likeness (QED) is 0.0409. The minimum Gasteiger partial charge on any atom is -0.505 e. The SMILES string of the molecule is Bc1c(B)c(C(O)(O)C(NC(=O)CN)C(=O)NCC(=O)NC(CCCCN)C(=O)N2CCC3(CC2)CN(C(C)=O)C3)c(O)c(O)c1O. The molecule has 19 heteroatoms. The summed E-state index contributed by atoms with van der Waals surface area (Å²) in [6.07, 6.45) is 2.86. The van der Waals surface area contributed by atoms with Crippen molar-refractivity contribution in [2.45, 2.75) is 56.9 Å². The number of unbranched alkanes of at least 4 members (excludes halogenated alkanes) is 1. The zero-order valence-electron chi connectivity index (χ0n) is 27.0. The van der Waals surface area contributed by atoms with Gasteiger partial charge in [0.25, 0.3) is 0 Å². The molecule has 1 spiro atoms. The van der Waals surface area contributed by atoms with Crippen LogP contribution in [-0.2, 0) is 29.8 Å². The van der Waals surface area contributed by atoms with Crippen molar-refractivity contribution in [3.05, 3.63) is 5.56 Å². The molecule has 0 aliphatic carbocycles. The van der Waals surface area contributed by atoms with E-state index < -0.39 is 71.5 Å². The lowest BCUT2D eigenvalue weighted by molar-refractivity contribution is -0.196. The van der Waals surface area contributed by atoms with E-state index >= 15 is 0 Å². The topological polar surface area (TPSA) is 281 Å². The van der Waals surface area contributed by atoms with E-state index in [1.807, 2.05) is 5.32 Å². The monoisotopic (exact) mass is 661 g/mol. The Morgan fingerprint density at radius 1 is 0.894 bits per heavy atom. The molecule has 0 saturated carbocycles. The number of piperidine rings is 1. The molecule has 0 radical (unpaired) electrons. The van der Waals surface area contributed by atoms with Crippen LogP contribution in [0.3, 0.4) is 0 Å². The average molecular weight is 661 g/mol. The summed E-state index contributed by atoms with van der Waals surface area (Å²) in [7, 11) is 2.58. The van der Waals surface area contributed by atoms with Gasteiger partial charge in [0.15, 0.2) is 23.3 Å². The number of hydrogen-bond donors (Lipinski definition) is 10. The van der Waals surface area contributed by atoms with E-state index in [0.717, 1.165) is 12.8 Å². The van der Waals surface area contributed by atoms with E-state index in [1.54, 1.807) is 9.80 Å². The van der Waals surface area contributed by atoms with Crippen molar-refractivity contribution < 1.29 is 49.5 Å². The van der Waals surface area contributed by atoms with Crippen molar-refractivity contribution in [3.8, 4) is 17.2 Å². The molecule has 5 amide bonds. The predicted octanol–water partition coefficient (Wildman–Crippen LogP) is -6.90. The van der Waals surface area contributed by atoms with Crippen LogP contribution < -0.4 is 38.3 Å². The van der Waals surface area contributed by atoms with E-state index in [0.29, 0.717) is 45.6 Å². The number of aliphatic hydroxyl groups is 2. The van der Waals surface area contributed by atoms with Gasteiger partial charge in [0, 0.05) is 38.5 Å². The van der Waals surface area contributed by atoms with Gasteiger partial charge in [0.05, 0.1) is 18.7 Å². The summed E-state index contributed by atoms with van der Waals surface area (Å²) < 4.78 is 0. The number of aromatic hydroxyl groups is 3. The summed E-state index contributed by atoms with van der Waals surface area (Å²) in [5.41, 5.74) is 10.00. The van der Waals surface area contributed by atoms with Gasteiger partial charge in [-0.15, -0.1) is 0 Å². The largest absolute Gasteiger partial charge is 0.505 e. The van der Waals surface area contributed by atoms with E-state index in [1.165, 1.54) is 22.6 Å². The number of likely N-dealkylation sites (tertiary alicyclic amines) is 2. The molecule has 2 aliphatic heterocycles. The number of hydrogen-bond acceptors (Lipinski definition) is 12. The number of rotatable bonds is 13. The number of nitrogens with two attached hydrogens (primary N) is 2. The number of phenolic OH excluding ortho intramolecular Hbond substituents is 3. The molecule has 0 aromatic heterocycles. The fraction of sp³-hybridized carbons (Fsp3) is 0.607. The Hall–Kier alpha value is -4.06. The molecule has 12 N–H and O–H groups in total. The molecule has 1 aromatic carbocycles. The first-order valence-electron chi connectivity index (χ1n) is 15.5. The normalized spacial score (nSPS) is 17.0. The Balaban J connectivity index is 1.71. The maximum absolute atomic E-state index is 13.5. The summed E-state index contributed by atoms with van der Waals surface area (Å²) in [5, 5.41) is 59.7. The molecule has 0 bridgehead atoms. The second kappa shape index (κ2) is 15.2. The second-order valence-corrected chi connectivity index (χ2v) is 12.4. The van der Waals surface area contributed by atoms with Gasteiger partial charge in [-0.1, -0.05) is 5.46 Å². The molecule has 2 heterocycles. The van der Waals surface area contributed by atoms with Gasteiger partial charge in [0.2, 0.25) is 35.3 Å². The summed E-state index contributed by atoms with van der Waals surface area (Å²) in [6, 6.07) is -3.19. The zero-order chi connectivity index (χ0) is 35.3. The minimum atomic E-state index is -3.37. The number of carbonyl (C=O) groups is 5. The summed E-state index contributed by atoms with van der Waals surface area (Å²) >= 11 is 0. The third-order valence-corrected chi connectivity index (χ3v) is 9.14. The number of amides is 5. The van der Waals surface area contributed by atoms with Crippen LogP contribution in [0.5, 0.6) is 17.2 Å². The maximum atomic E-state index is 13.5. The average Bonchev–Trinajstić information content (AvgIpc) is 3.01. The molecule has 17 nitrogen and oxygen atoms in total. The molecule has 2 fully saturated rings. The molecule has 2 unspecified atom stereocenters. The second-order valence-electron chi connectivity index (χ2n) is 12.4. The Bertz CT molecular complexity index is 1350. The number of nitrogens with zero attached hydrogens (tertiary/aromatic N) is 2. The Kier molecular flexibility index (Phi) is 12.1. The Morgan fingerprint density at radius 2 is 1.51 bits per heavy atom. The van der Waals surface area contributed by atoms with Crippen molar-refractivity contribution in [2.24, 2.45) is 16.9 Å². The van der Waals surface area contributed by atoms with Gasteiger partial charge < -0.3 is 62.8 Å². The molecular weight excluding hydrogens is 616 g/mol. The fourth-order valence-electron chi connectivity index (χ4n) is 6.10. The van der Waals surface area contributed by atoms with E-state index in [9.17, 15) is 49.5 Å². The molecule has 2 saturated heterocycles. The van der Waals surface area contributed by atoms with E-state index in [4.69, 9.17) is 11.5 Å². The first-order chi connectivity index (χ1) is 22.0. The highest BCUT2D eigenvalue weighted by Crippen LogP contribution is 2.41. The lowest BCUT2D eigenvalue weighted by atomic mass is 9.72. The maximum Gasteiger partial charge on any atom is 0.249 e. The number of phenols is 3. The first-order valence-corrected chi connectivity index (χ1v) is 15.5. The Labute approximate surface area is 273 Å². The van der Waals surface area contributed by atoms with Crippen molar-refractivity contribution >= 4 is 56.2 Å². The number of carbonyl (C=O) groups excluding carboxylic acids is 5. The van der Waals surface area contributed by atoms with Crippen LogP contribution in [0.15, 0.2) is 0 Å². The van der Waals surface area contributed by atoms with Gasteiger partial charge >= 0.3 is 0 Å². The summed E-state index contributed by atoms with van der Waals surface area (Å²) in [4.78, 5) is 67.0. The number of nitrogens with one attached hydrogen (secondary N) is 3. The molecular formula is C28H45B2N7O10. The highest BCUT2D eigenvalue weighted by molar-refractivity contribution is 6.51. The molecule has 2 atom stereocenters. The van der Waals surface area contributed by atoms with Crippen LogP contribution >= 0.6 is 0 Å². The van der Waals surface area contributed by atoms with Gasteiger partial charge in [-0.3, -0.25) is 24.0 Å². The third-order valence-electron chi connectivity index (χ3n) is 9.14. The van der Waals surface area contributed by atoms with Crippen molar-refractivity contribution in [1.29, 1.82) is 0 Å². The van der Waals surface area contributed by atoms with Crippen LogP contribution in [0.25, 0.3) is 0 Å².